The summed E-state index contributed by atoms with van der Waals surface area (Å²) in [6.07, 6.45) is 0. The predicted octanol–water partition coefficient (Wildman–Crippen LogP) is 7.40. The molecule has 0 unspecified atom stereocenters. The molecule has 0 aliphatic carbocycles. The summed E-state index contributed by atoms with van der Waals surface area (Å²) >= 11 is 3.50. The van der Waals surface area contributed by atoms with Gasteiger partial charge in [0.2, 0.25) is 0 Å². The molecule has 4 nitrogen and oxygen atoms in total. The summed E-state index contributed by atoms with van der Waals surface area (Å²) in [6.45, 7) is 10.3. The van der Waals surface area contributed by atoms with Crippen LogP contribution >= 0.6 is 22.7 Å². The fourth-order valence-corrected chi connectivity index (χ4v) is 5.77. The van der Waals surface area contributed by atoms with Gasteiger partial charge in [-0.15, -0.1) is 22.7 Å². The summed E-state index contributed by atoms with van der Waals surface area (Å²) in [4.78, 5) is 7.22. The zero-order chi connectivity index (χ0) is 22.9. The molecule has 1 aromatic carbocycles. The number of thiophene rings is 2. The second kappa shape index (κ2) is 9.21. The molecule has 0 spiro atoms. The third-order valence-electron chi connectivity index (χ3n) is 5.80. The van der Waals surface area contributed by atoms with Crippen molar-refractivity contribution in [3.8, 4) is 21.7 Å². The Morgan fingerprint density at radius 2 is 1.91 bits per heavy atom. The van der Waals surface area contributed by atoms with E-state index in [0.717, 1.165) is 28.0 Å². The number of hydrogen-bond donors (Lipinski definition) is 0. The highest BCUT2D eigenvalue weighted by molar-refractivity contribution is 7.13. The van der Waals surface area contributed by atoms with Crippen molar-refractivity contribution in [3.63, 3.8) is 0 Å². The summed E-state index contributed by atoms with van der Waals surface area (Å²) in [6, 6.07) is 15.3. The third-order valence-corrected chi connectivity index (χ3v) is 7.54. The SMILES string of the molecule is CCOCc1cc(Cn2nc(-c3cccs3)c3c(C)nc(C)cc32)ccc1-c1csc(C)c1. The highest BCUT2D eigenvalue weighted by atomic mass is 32.1. The fourth-order valence-electron chi connectivity index (χ4n) is 4.35. The van der Waals surface area contributed by atoms with Crippen molar-refractivity contribution in [1.82, 2.24) is 14.8 Å². The van der Waals surface area contributed by atoms with Crippen LogP contribution in [0.4, 0.5) is 0 Å². The van der Waals surface area contributed by atoms with Crippen molar-refractivity contribution < 1.29 is 4.74 Å². The van der Waals surface area contributed by atoms with Gasteiger partial charge in [0.1, 0.15) is 5.69 Å². The summed E-state index contributed by atoms with van der Waals surface area (Å²) in [5.74, 6) is 0. The number of rotatable bonds is 7. The maximum atomic E-state index is 5.82. The van der Waals surface area contributed by atoms with Gasteiger partial charge in [-0.1, -0.05) is 24.3 Å². The highest BCUT2D eigenvalue weighted by Gasteiger charge is 2.17. The van der Waals surface area contributed by atoms with Gasteiger partial charge >= 0.3 is 0 Å². The summed E-state index contributed by atoms with van der Waals surface area (Å²) < 4.78 is 7.95. The average Bonchev–Trinajstić information content (AvgIpc) is 3.53. The van der Waals surface area contributed by atoms with Crippen LogP contribution < -0.4 is 0 Å². The van der Waals surface area contributed by atoms with Crippen LogP contribution in [0.5, 0.6) is 0 Å². The first kappa shape index (κ1) is 22.0. The lowest BCUT2D eigenvalue weighted by Gasteiger charge is -2.12. The van der Waals surface area contributed by atoms with Gasteiger partial charge in [-0.3, -0.25) is 9.67 Å². The first-order valence-electron chi connectivity index (χ1n) is 11.2. The number of hydrogen-bond acceptors (Lipinski definition) is 5. The number of nitrogens with zero attached hydrogens (tertiary/aromatic N) is 3. The van der Waals surface area contributed by atoms with E-state index in [2.05, 4.69) is 71.8 Å². The van der Waals surface area contributed by atoms with Gasteiger partial charge in [-0.2, -0.15) is 5.10 Å². The van der Waals surface area contributed by atoms with Crippen molar-refractivity contribution >= 4 is 33.6 Å². The molecule has 0 amide bonds. The quantitative estimate of drug-likeness (QED) is 0.247. The fraction of sp³-hybridized carbons (Fsp3) is 0.259. The normalized spacial score (nSPS) is 11.5. The molecule has 168 valence electrons. The molecule has 5 aromatic rings. The van der Waals surface area contributed by atoms with Gasteiger partial charge in [-0.05, 0) is 78.9 Å². The van der Waals surface area contributed by atoms with Crippen LogP contribution in [-0.2, 0) is 17.9 Å². The van der Waals surface area contributed by atoms with E-state index in [1.54, 1.807) is 22.7 Å². The van der Waals surface area contributed by atoms with E-state index >= 15 is 0 Å². The average molecular weight is 474 g/mol. The molecule has 0 atom stereocenters. The summed E-state index contributed by atoms with van der Waals surface area (Å²) in [7, 11) is 0. The molecule has 0 radical (unpaired) electrons. The minimum absolute atomic E-state index is 0.608. The number of ether oxygens (including phenoxy) is 1. The van der Waals surface area contributed by atoms with Gasteiger partial charge in [0.15, 0.2) is 0 Å². The van der Waals surface area contributed by atoms with Gasteiger partial charge in [-0.25, -0.2) is 0 Å². The van der Waals surface area contributed by atoms with E-state index in [1.165, 1.54) is 32.0 Å². The molecule has 6 heteroatoms. The number of aromatic nitrogens is 3. The second-order valence-corrected chi connectivity index (χ2v) is 10.4. The van der Waals surface area contributed by atoms with Crippen LogP contribution in [0.2, 0.25) is 0 Å². The van der Waals surface area contributed by atoms with E-state index in [9.17, 15) is 0 Å². The Balaban J connectivity index is 1.58. The Hall–Kier alpha value is -2.80. The highest BCUT2D eigenvalue weighted by Crippen LogP contribution is 2.34. The molecule has 33 heavy (non-hydrogen) atoms. The van der Waals surface area contributed by atoms with Crippen LogP contribution in [0, 0.1) is 20.8 Å². The molecule has 5 rings (SSSR count). The van der Waals surface area contributed by atoms with Crippen molar-refractivity contribution in [3.05, 3.63) is 80.6 Å². The third kappa shape index (κ3) is 4.38. The Kier molecular flexibility index (Phi) is 6.15. The Morgan fingerprint density at radius 1 is 1.03 bits per heavy atom. The monoisotopic (exact) mass is 473 g/mol. The van der Waals surface area contributed by atoms with Gasteiger partial charge in [0, 0.05) is 22.9 Å². The van der Waals surface area contributed by atoms with Crippen LogP contribution in [0.1, 0.15) is 34.3 Å². The summed E-state index contributed by atoms with van der Waals surface area (Å²) in [5, 5.41) is 10.5. The van der Waals surface area contributed by atoms with Crippen molar-refractivity contribution in [2.45, 2.75) is 40.8 Å². The topological polar surface area (TPSA) is 39.9 Å². The Bertz CT molecular complexity index is 1410. The van der Waals surface area contributed by atoms with E-state index < -0.39 is 0 Å². The standard InChI is InChI=1S/C27H27N3OS2/c1-5-31-15-21-13-20(8-9-23(21)22-12-18(3)33-16-22)14-30-24-11-17(2)28-19(4)26(24)27(29-30)25-7-6-10-32-25/h6-13,16H,5,14-15H2,1-4H3. The van der Waals surface area contributed by atoms with Gasteiger partial charge < -0.3 is 4.74 Å². The molecule has 0 bridgehead atoms. The van der Waals surface area contributed by atoms with Crippen molar-refractivity contribution in [2.75, 3.05) is 6.61 Å². The molecule has 0 fully saturated rings. The number of fused-ring (bicyclic) bond motifs is 1. The van der Waals surface area contributed by atoms with Crippen LogP contribution in [0.25, 0.3) is 32.6 Å². The zero-order valence-electron chi connectivity index (χ0n) is 19.4. The molecule has 4 aromatic heterocycles. The van der Waals surface area contributed by atoms with Crippen LogP contribution in [-0.4, -0.2) is 21.4 Å². The van der Waals surface area contributed by atoms with E-state index in [-0.39, 0.29) is 0 Å². The molecule has 0 N–H and O–H groups in total. The second-order valence-electron chi connectivity index (χ2n) is 8.30. The first-order chi connectivity index (χ1) is 16.0. The lowest BCUT2D eigenvalue weighted by molar-refractivity contribution is 0.134. The molecule has 0 aliphatic heterocycles. The smallest absolute Gasteiger partial charge is 0.112 e. The molecular formula is C27H27N3OS2. The van der Waals surface area contributed by atoms with Crippen molar-refractivity contribution in [1.29, 1.82) is 0 Å². The molecule has 0 saturated heterocycles. The minimum Gasteiger partial charge on any atom is -0.377 e. The molecule has 0 saturated carbocycles. The van der Waals surface area contributed by atoms with Crippen LogP contribution in [0.15, 0.2) is 53.2 Å². The largest absolute Gasteiger partial charge is 0.377 e. The lowest BCUT2D eigenvalue weighted by atomic mass is 9.99. The predicted molar refractivity (Wildman–Crippen MR) is 139 cm³/mol. The zero-order valence-corrected chi connectivity index (χ0v) is 21.0. The Morgan fingerprint density at radius 3 is 2.64 bits per heavy atom. The lowest BCUT2D eigenvalue weighted by Crippen LogP contribution is -2.04. The molecule has 4 heterocycles. The minimum atomic E-state index is 0.608. The maximum absolute atomic E-state index is 5.82. The van der Waals surface area contributed by atoms with E-state index in [1.807, 2.05) is 13.8 Å². The summed E-state index contributed by atoms with van der Waals surface area (Å²) in [5.41, 5.74) is 9.14. The van der Waals surface area contributed by atoms with Gasteiger partial charge in [0.05, 0.1) is 28.9 Å². The molecular weight excluding hydrogens is 446 g/mol. The van der Waals surface area contributed by atoms with E-state index in [4.69, 9.17) is 14.8 Å². The van der Waals surface area contributed by atoms with Gasteiger partial charge in [0.25, 0.3) is 0 Å². The maximum Gasteiger partial charge on any atom is 0.112 e. The first-order valence-corrected chi connectivity index (χ1v) is 12.9. The van der Waals surface area contributed by atoms with Crippen molar-refractivity contribution in [2.24, 2.45) is 0 Å². The number of pyridine rings is 1. The number of benzene rings is 1. The Labute approximate surface area is 202 Å². The van der Waals surface area contributed by atoms with Crippen LogP contribution in [0.3, 0.4) is 0 Å². The number of aryl methyl sites for hydroxylation is 3. The molecule has 0 aliphatic rings. The van der Waals surface area contributed by atoms with E-state index in [0.29, 0.717) is 19.8 Å².